The number of hydrogen-bond donors (Lipinski definition) is 1. The van der Waals surface area contributed by atoms with Gasteiger partial charge in [-0.05, 0) is 22.3 Å². The third kappa shape index (κ3) is 1.40. The number of likely N-dealkylation sites (tertiary alicyclic amines) is 1. The number of aliphatic hydroxyl groups is 1. The smallest absolute Gasteiger partial charge is 0.235 e. The summed E-state index contributed by atoms with van der Waals surface area (Å²) in [7, 11) is 0. The molecule has 0 aromatic heterocycles. The Morgan fingerprint density at radius 2 is 1.09 bits per heavy atom. The molecular formula is C19H15NO3. The minimum Gasteiger partial charge on any atom is -0.376 e. The summed E-state index contributed by atoms with van der Waals surface area (Å²) in [6.07, 6.45) is 0. The van der Waals surface area contributed by atoms with E-state index in [0.29, 0.717) is 0 Å². The topological polar surface area (TPSA) is 57.6 Å². The van der Waals surface area contributed by atoms with Gasteiger partial charge in [0.15, 0.2) is 0 Å². The number of carbonyl (C=O) groups excluding carboxylic acids is 2. The van der Waals surface area contributed by atoms with Gasteiger partial charge in [0.2, 0.25) is 11.8 Å². The third-order valence-corrected chi connectivity index (χ3v) is 5.68. The molecule has 6 rings (SSSR count). The first kappa shape index (κ1) is 13.0. The monoisotopic (exact) mass is 305 g/mol. The Labute approximate surface area is 133 Å². The predicted molar refractivity (Wildman–Crippen MR) is 82.5 cm³/mol. The Morgan fingerprint density at radius 1 is 0.739 bits per heavy atom. The first-order valence-corrected chi connectivity index (χ1v) is 7.87. The summed E-state index contributed by atoms with van der Waals surface area (Å²) < 4.78 is 0. The highest BCUT2D eigenvalue weighted by Crippen LogP contribution is 2.60. The number of aliphatic hydroxyl groups excluding tert-OH is 1. The van der Waals surface area contributed by atoms with Crippen molar-refractivity contribution in [2.45, 2.75) is 11.8 Å². The van der Waals surface area contributed by atoms with E-state index in [1.54, 1.807) is 0 Å². The van der Waals surface area contributed by atoms with Crippen LogP contribution < -0.4 is 0 Å². The summed E-state index contributed by atoms with van der Waals surface area (Å²) in [6, 6.07) is 16.2. The number of carbonyl (C=O) groups is 2. The van der Waals surface area contributed by atoms with Gasteiger partial charge in [-0.15, -0.1) is 0 Å². The molecule has 1 N–H and O–H groups in total. The highest BCUT2D eigenvalue weighted by Gasteiger charge is 2.61. The maximum atomic E-state index is 12.7. The van der Waals surface area contributed by atoms with Crippen molar-refractivity contribution in [1.82, 2.24) is 4.90 Å². The lowest BCUT2D eigenvalue weighted by atomic mass is 9.55. The van der Waals surface area contributed by atoms with Gasteiger partial charge in [0.1, 0.15) is 6.73 Å². The summed E-state index contributed by atoms with van der Waals surface area (Å²) in [4.78, 5) is 26.5. The number of benzene rings is 2. The molecule has 2 aromatic rings. The van der Waals surface area contributed by atoms with Gasteiger partial charge in [-0.3, -0.25) is 14.5 Å². The first-order valence-electron chi connectivity index (χ1n) is 7.87. The molecule has 1 fully saturated rings. The molecule has 0 radical (unpaired) electrons. The Hall–Kier alpha value is -2.46. The van der Waals surface area contributed by atoms with Crippen molar-refractivity contribution in [1.29, 1.82) is 0 Å². The molecule has 0 spiro atoms. The van der Waals surface area contributed by atoms with Gasteiger partial charge in [-0.2, -0.15) is 0 Å². The van der Waals surface area contributed by atoms with Crippen LogP contribution >= 0.6 is 0 Å². The molecule has 1 heterocycles. The average molecular weight is 305 g/mol. The van der Waals surface area contributed by atoms with Crippen molar-refractivity contribution in [3.8, 4) is 0 Å². The van der Waals surface area contributed by atoms with Gasteiger partial charge in [-0.25, -0.2) is 0 Å². The molecule has 1 aliphatic heterocycles. The van der Waals surface area contributed by atoms with E-state index in [-0.39, 0.29) is 35.5 Å². The largest absolute Gasteiger partial charge is 0.376 e. The zero-order valence-electron chi connectivity index (χ0n) is 12.3. The van der Waals surface area contributed by atoms with E-state index in [1.165, 1.54) is 0 Å². The van der Waals surface area contributed by atoms with E-state index in [0.717, 1.165) is 27.2 Å². The molecule has 3 aliphatic carbocycles. The van der Waals surface area contributed by atoms with Crippen LogP contribution in [0.25, 0.3) is 0 Å². The molecule has 23 heavy (non-hydrogen) atoms. The van der Waals surface area contributed by atoms with Crippen LogP contribution in [0.1, 0.15) is 34.1 Å². The zero-order valence-corrected chi connectivity index (χ0v) is 12.3. The SMILES string of the molecule is O=C1C2C3c4ccccc4C(c4ccccc43)C2C(=O)N1CO. The van der Waals surface area contributed by atoms with E-state index in [1.807, 2.05) is 24.3 Å². The Morgan fingerprint density at radius 3 is 1.39 bits per heavy atom. The molecule has 1 saturated heterocycles. The Balaban J connectivity index is 1.82. The first-order chi connectivity index (χ1) is 11.2. The quantitative estimate of drug-likeness (QED) is 0.818. The summed E-state index contributed by atoms with van der Waals surface area (Å²) in [5.74, 6) is -1.42. The van der Waals surface area contributed by atoms with E-state index in [4.69, 9.17) is 0 Å². The number of rotatable bonds is 1. The van der Waals surface area contributed by atoms with Crippen LogP contribution in [-0.4, -0.2) is 28.6 Å². The summed E-state index contributed by atoms with van der Waals surface area (Å²) in [6.45, 7) is -0.531. The van der Waals surface area contributed by atoms with E-state index >= 15 is 0 Å². The van der Waals surface area contributed by atoms with Gasteiger partial charge < -0.3 is 5.11 Å². The van der Waals surface area contributed by atoms with Gasteiger partial charge >= 0.3 is 0 Å². The van der Waals surface area contributed by atoms with Crippen molar-refractivity contribution in [2.75, 3.05) is 6.73 Å². The summed E-state index contributed by atoms with van der Waals surface area (Å²) in [5, 5.41) is 9.46. The molecule has 2 bridgehead atoms. The van der Waals surface area contributed by atoms with Crippen molar-refractivity contribution in [3.05, 3.63) is 70.8 Å². The second-order valence-corrected chi connectivity index (χ2v) is 6.51. The normalized spacial score (nSPS) is 30.2. The van der Waals surface area contributed by atoms with Crippen LogP contribution in [0.15, 0.2) is 48.5 Å². The highest BCUT2D eigenvalue weighted by molar-refractivity contribution is 6.07. The Bertz CT molecular complexity index is 744. The fraction of sp³-hybridized carbons (Fsp3) is 0.263. The lowest BCUT2D eigenvalue weighted by Crippen LogP contribution is -2.41. The molecule has 2 aromatic carbocycles. The van der Waals surface area contributed by atoms with E-state index < -0.39 is 6.73 Å². The highest BCUT2D eigenvalue weighted by atomic mass is 16.3. The van der Waals surface area contributed by atoms with Crippen molar-refractivity contribution in [3.63, 3.8) is 0 Å². The van der Waals surface area contributed by atoms with Crippen LogP contribution in [-0.2, 0) is 9.59 Å². The fourth-order valence-electron chi connectivity index (χ4n) is 4.88. The zero-order chi connectivity index (χ0) is 15.7. The molecule has 4 heteroatoms. The molecule has 2 amide bonds. The minimum atomic E-state index is -0.531. The molecule has 4 aliphatic rings. The van der Waals surface area contributed by atoms with Crippen LogP contribution in [0.3, 0.4) is 0 Å². The molecule has 114 valence electrons. The number of imide groups is 1. The third-order valence-electron chi connectivity index (χ3n) is 5.68. The average Bonchev–Trinajstić information content (AvgIpc) is 2.86. The maximum Gasteiger partial charge on any atom is 0.235 e. The molecule has 0 saturated carbocycles. The van der Waals surface area contributed by atoms with Crippen molar-refractivity contribution in [2.24, 2.45) is 11.8 Å². The summed E-state index contributed by atoms with van der Waals surface area (Å²) in [5.41, 5.74) is 4.61. The molecule has 4 nitrogen and oxygen atoms in total. The van der Waals surface area contributed by atoms with Crippen molar-refractivity contribution < 1.29 is 14.7 Å². The van der Waals surface area contributed by atoms with E-state index in [9.17, 15) is 14.7 Å². The lowest BCUT2D eigenvalue weighted by Gasteiger charge is -2.45. The lowest BCUT2D eigenvalue weighted by molar-refractivity contribution is -0.144. The van der Waals surface area contributed by atoms with Gasteiger partial charge in [0, 0.05) is 11.8 Å². The van der Waals surface area contributed by atoms with Gasteiger partial charge in [-0.1, -0.05) is 48.5 Å². The summed E-state index contributed by atoms with van der Waals surface area (Å²) >= 11 is 0. The van der Waals surface area contributed by atoms with Crippen LogP contribution in [0, 0.1) is 11.8 Å². The Kier molecular flexibility index (Phi) is 2.43. The van der Waals surface area contributed by atoms with Crippen LogP contribution in [0.4, 0.5) is 0 Å². The predicted octanol–water partition coefficient (Wildman–Crippen LogP) is 1.83. The van der Waals surface area contributed by atoms with Gasteiger partial charge in [0.05, 0.1) is 11.8 Å². The number of amides is 2. The number of nitrogens with zero attached hydrogens (tertiary/aromatic N) is 1. The van der Waals surface area contributed by atoms with E-state index in [2.05, 4.69) is 24.3 Å². The van der Waals surface area contributed by atoms with Crippen molar-refractivity contribution >= 4 is 11.8 Å². The fourth-order valence-corrected chi connectivity index (χ4v) is 4.88. The molecule has 2 atom stereocenters. The van der Waals surface area contributed by atoms with Gasteiger partial charge in [0.25, 0.3) is 0 Å². The molecular weight excluding hydrogens is 290 g/mol. The second kappa shape index (κ2) is 4.30. The second-order valence-electron chi connectivity index (χ2n) is 6.51. The standard InChI is InChI=1S/C19H15NO3/c21-9-20-18(22)16-14-10-5-1-2-6-11(10)15(17(16)19(20)23)13-8-4-3-7-12(13)14/h1-8,14-17,21H,9H2. The maximum absolute atomic E-state index is 12.7. The molecule has 2 unspecified atom stereocenters. The minimum absolute atomic E-state index is 0.0922. The number of hydrogen-bond acceptors (Lipinski definition) is 3. The van der Waals surface area contributed by atoms with Crippen LogP contribution in [0.2, 0.25) is 0 Å². The van der Waals surface area contributed by atoms with Crippen LogP contribution in [0.5, 0.6) is 0 Å².